The lowest BCUT2D eigenvalue weighted by Gasteiger charge is -2.13. The molecule has 0 aliphatic carbocycles. The Bertz CT molecular complexity index is 1530. The molecule has 0 radical (unpaired) electrons. The quantitative estimate of drug-likeness (QED) is 0.360. The molecule has 0 aliphatic heterocycles. The van der Waals surface area contributed by atoms with E-state index in [0.717, 1.165) is 11.3 Å². The van der Waals surface area contributed by atoms with Crippen LogP contribution in [0.25, 0.3) is 16.8 Å². The number of hydrogen-bond acceptors (Lipinski definition) is 10. The maximum atomic E-state index is 13.0. The van der Waals surface area contributed by atoms with Crippen molar-refractivity contribution in [3.8, 4) is 22.8 Å². The van der Waals surface area contributed by atoms with E-state index in [-0.39, 0.29) is 28.3 Å². The largest absolute Gasteiger partial charge is 0.480 e. The highest BCUT2D eigenvalue weighted by atomic mass is 32.2. The van der Waals surface area contributed by atoms with Gasteiger partial charge in [-0.2, -0.15) is 0 Å². The van der Waals surface area contributed by atoms with Crippen molar-refractivity contribution in [1.29, 1.82) is 0 Å². The second-order valence-electron chi connectivity index (χ2n) is 7.12. The molecular formula is C21H21N5O6S2. The summed E-state index contributed by atoms with van der Waals surface area (Å²) in [5.74, 6) is 0.133. The van der Waals surface area contributed by atoms with E-state index in [9.17, 15) is 13.2 Å². The summed E-state index contributed by atoms with van der Waals surface area (Å²) in [6, 6.07) is 4.99. The zero-order valence-electron chi connectivity index (χ0n) is 18.7. The van der Waals surface area contributed by atoms with E-state index in [1.54, 1.807) is 38.2 Å². The molecule has 34 heavy (non-hydrogen) atoms. The summed E-state index contributed by atoms with van der Waals surface area (Å²) < 4.78 is 45.3. The van der Waals surface area contributed by atoms with E-state index >= 15 is 0 Å². The lowest BCUT2D eigenvalue weighted by molar-refractivity contribution is 0.0496. The molecule has 11 nitrogen and oxygen atoms in total. The number of nitrogens with zero attached hydrogens (tertiary/aromatic N) is 4. The van der Waals surface area contributed by atoms with Crippen molar-refractivity contribution in [2.75, 3.05) is 25.7 Å². The molecule has 13 heteroatoms. The predicted molar refractivity (Wildman–Crippen MR) is 126 cm³/mol. The first kappa shape index (κ1) is 23.6. The van der Waals surface area contributed by atoms with Gasteiger partial charge in [0.15, 0.2) is 11.0 Å². The van der Waals surface area contributed by atoms with Crippen LogP contribution in [0.15, 0.2) is 45.8 Å². The number of rotatable bonds is 8. The topological polar surface area (TPSA) is 134 Å². The Balaban J connectivity index is 1.76. The lowest BCUT2D eigenvalue weighted by atomic mass is 10.1. The number of anilines is 1. The van der Waals surface area contributed by atoms with Crippen LogP contribution >= 0.6 is 11.3 Å². The van der Waals surface area contributed by atoms with Gasteiger partial charge in [0.1, 0.15) is 11.3 Å². The molecule has 178 valence electrons. The van der Waals surface area contributed by atoms with Crippen molar-refractivity contribution in [1.82, 2.24) is 19.4 Å². The van der Waals surface area contributed by atoms with Crippen molar-refractivity contribution in [3.05, 3.63) is 57.8 Å². The van der Waals surface area contributed by atoms with Crippen LogP contribution in [-0.4, -0.2) is 48.8 Å². The van der Waals surface area contributed by atoms with Gasteiger partial charge >= 0.3 is 0 Å². The van der Waals surface area contributed by atoms with E-state index in [0.29, 0.717) is 27.5 Å². The summed E-state index contributed by atoms with van der Waals surface area (Å²) >= 11 is 1.08. The van der Waals surface area contributed by atoms with Crippen molar-refractivity contribution < 1.29 is 22.6 Å². The number of fused-ring (bicyclic) bond motifs is 1. The number of thiazole rings is 1. The van der Waals surface area contributed by atoms with E-state index < -0.39 is 15.6 Å². The Morgan fingerprint density at radius 3 is 2.59 bits per heavy atom. The lowest BCUT2D eigenvalue weighted by Crippen LogP contribution is -2.18. The summed E-state index contributed by atoms with van der Waals surface area (Å²) in [4.78, 5) is 25.4. The highest BCUT2D eigenvalue weighted by molar-refractivity contribution is 7.94. The van der Waals surface area contributed by atoms with Gasteiger partial charge in [-0.05, 0) is 32.0 Å². The molecule has 0 aliphatic rings. The van der Waals surface area contributed by atoms with Crippen LogP contribution in [0.5, 0.6) is 11.6 Å². The minimum atomic E-state index is -3.92. The Kier molecular flexibility index (Phi) is 6.50. The van der Waals surface area contributed by atoms with Crippen LogP contribution in [0, 0.1) is 13.8 Å². The fourth-order valence-corrected chi connectivity index (χ4v) is 5.78. The Morgan fingerprint density at radius 2 is 1.91 bits per heavy atom. The SMILES string of the molecule is COCOc1cnc2ccc(-c3cnc(OC)c(NS(=O)(=O)c4sc(C)nc4C)c3)cn2c1=O. The molecule has 0 unspecified atom stereocenters. The Labute approximate surface area is 199 Å². The third-order valence-corrected chi connectivity index (χ3v) is 7.78. The third kappa shape index (κ3) is 4.58. The van der Waals surface area contributed by atoms with E-state index in [4.69, 9.17) is 14.2 Å². The molecule has 0 amide bonds. The van der Waals surface area contributed by atoms with Gasteiger partial charge in [-0.1, -0.05) is 0 Å². The molecule has 0 fully saturated rings. The standard InChI is InChI=1S/C21H21N5O6S2/c1-12-21(33-13(2)24-12)34(28,29)25-16-7-15(8-23-19(16)31-4)14-5-6-18-22-9-17(32-11-30-3)20(27)26(18)10-14/h5-10,25H,11H2,1-4H3. The van der Waals surface area contributed by atoms with E-state index in [2.05, 4.69) is 19.7 Å². The fourth-order valence-electron chi connectivity index (χ4n) is 3.25. The van der Waals surface area contributed by atoms with Gasteiger partial charge in [-0.25, -0.2) is 23.4 Å². The first-order valence-electron chi connectivity index (χ1n) is 9.88. The van der Waals surface area contributed by atoms with Crippen LogP contribution < -0.4 is 19.8 Å². The van der Waals surface area contributed by atoms with Crippen molar-refractivity contribution in [2.24, 2.45) is 0 Å². The zero-order chi connectivity index (χ0) is 24.5. The molecule has 0 bridgehead atoms. The molecule has 4 aromatic rings. The molecule has 0 aromatic carbocycles. The van der Waals surface area contributed by atoms with Crippen molar-refractivity contribution in [2.45, 2.75) is 18.1 Å². The predicted octanol–water partition coefficient (Wildman–Crippen LogP) is 2.62. The minimum absolute atomic E-state index is 0.0352. The molecule has 1 N–H and O–H groups in total. The van der Waals surface area contributed by atoms with E-state index in [1.165, 1.54) is 31.0 Å². The van der Waals surface area contributed by atoms with Gasteiger partial charge in [0.05, 0.1) is 24.0 Å². The van der Waals surface area contributed by atoms with Gasteiger partial charge in [0, 0.05) is 30.6 Å². The first-order valence-corrected chi connectivity index (χ1v) is 12.2. The Morgan fingerprint density at radius 1 is 1.12 bits per heavy atom. The highest BCUT2D eigenvalue weighted by Crippen LogP contribution is 2.32. The average Bonchev–Trinajstić information content (AvgIpc) is 3.17. The van der Waals surface area contributed by atoms with Crippen LogP contribution in [0.3, 0.4) is 0 Å². The van der Waals surface area contributed by atoms with Gasteiger partial charge in [-0.3, -0.25) is 13.9 Å². The average molecular weight is 504 g/mol. The van der Waals surface area contributed by atoms with Gasteiger partial charge in [0.2, 0.25) is 11.6 Å². The van der Waals surface area contributed by atoms with Crippen LogP contribution in [-0.2, 0) is 14.8 Å². The van der Waals surface area contributed by atoms with Crippen molar-refractivity contribution in [3.63, 3.8) is 0 Å². The smallest absolute Gasteiger partial charge is 0.300 e. The van der Waals surface area contributed by atoms with Crippen LogP contribution in [0.2, 0.25) is 0 Å². The number of nitrogens with one attached hydrogen (secondary N) is 1. The van der Waals surface area contributed by atoms with Gasteiger partial charge in [0.25, 0.3) is 15.6 Å². The summed E-state index contributed by atoms with van der Waals surface area (Å²) in [6.07, 6.45) is 4.42. The number of ether oxygens (including phenoxy) is 3. The van der Waals surface area contributed by atoms with E-state index in [1.807, 2.05) is 0 Å². The molecule has 0 spiro atoms. The molecule has 4 rings (SSSR count). The Hall–Kier alpha value is -3.55. The molecule has 0 saturated carbocycles. The number of aromatic nitrogens is 4. The number of aryl methyl sites for hydroxylation is 2. The summed E-state index contributed by atoms with van der Waals surface area (Å²) in [6.45, 7) is 3.28. The number of pyridine rings is 2. The first-order chi connectivity index (χ1) is 16.2. The summed E-state index contributed by atoms with van der Waals surface area (Å²) in [5, 5.41) is 0.640. The summed E-state index contributed by atoms with van der Waals surface area (Å²) in [5.41, 5.74) is 1.70. The monoisotopic (exact) mass is 503 g/mol. The fraction of sp³-hybridized carbons (Fsp3) is 0.238. The molecule has 0 atom stereocenters. The van der Waals surface area contributed by atoms with Crippen LogP contribution in [0.4, 0.5) is 5.69 Å². The molecule has 0 saturated heterocycles. The maximum absolute atomic E-state index is 13.0. The maximum Gasteiger partial charge on any atom is 0.300 e. The van der Waals surface area contributed by atoms with Crippen LogP contribution in [0.1, 0.15) is 10.7 Å². The second-order valence-corrected chi connectivity index (χ2v) is 10.2. The van der Waals surface area contributed by atoms with Crippen molar-refractivity contribution >= 4 is 32.7 Å². The number of sulfonamides is 1. The van der Waals surface area contributed by atoms with Gasteiger partial charge < -0.3 is 14.2 Å². The zero-order valence-corrected chi connectivity index (χ0v) is 20.4. The minimum Gasteiger partial charge on any atom is -0.480 e. The highest BCUT2D eigenvalue weighted by Gasteiger charge is 2.23. The summed E-state index contributed by atoms with van der Waals surface area (Å²) in [7, 11) is -1.08. The third-order valence-electron chi connectivity index (χ3n) is 4.73. The second kappa shape index (κ2) is 9.37. The number of hydrogen-bond donors (Lipinski definition) is 1. The number of methoxy groups -OCH3 is 2. The normalized spacial score (nSPS) is 11.5. The molecular weight excluding hydrogens is 482 g/mol. The molecule has 4 aromatic heterocycles. The molecule has 4 heterocycles. The van der Waals surface area contributed by atoms with Gasteiger partial charge in [-0.15, -0.1) is 11.3 Å².